The molecule has 9 heteroatoms. The van der Waals surface area contributed by atoms with Crippen molar-refractivity contribution in [1.82, 2.24) is 16.2 Å². The van der Waals surface area contributed by atoms with Gasteiger partial charge in [-0.3, -0.25) is 25.8 Å². The van der Waals surface area contributed by atoms with E-state index in [0.717, 1.165) is 12.8 Å². The number of halogens is 1. The summed E-state index contributed by atoms with van der Waals surface area (Å²) in [5.74, 6) is 1.12. The van der Waals surface area contributed by atoms with Crippen LogP contribution in [-0.4, -0.2) is 30.1 Å². The van der Waals surface area contributed by atoms with Gasteiger partial charge in [0.25, 0.3) is 11.8 Å². The maximum absolute atomic E-state index is 12.4. The van der Waals surface area contributed by atoms with Gasteiger partial charge in [0, 0.05) is 11.1 Å². The van der Waals surface area contributed by atoms with Crippen LogP contribution in [0.15, 0.2) is 46.9 Å². The molecule has 2 aromatic carbocycles. The molecule has 2 rings (SSSR count). The Hall–Kier alpha value is -2.65. The van der Waals surface area contributed by atoms with E-state index in [1.807, 2.05) is 6.92 Å². The lowest BCUT2D eigenvalue weighted by atomic mass is 10.1. The fraction of sp³-hybridized carbons (Fsp3) is 0.348. The Morgan fingerprint density at radius 3 is 2.28 bits per heavy atom. The molecule has 0 saturated heterocycles. The molecule has 0 aliphatic rings. The van der Waals surface area contributed by atoms with Crippen LogP contribution in [-0.2, 0) is 0 Å². The van der Waals surface area contributed by atoms with Gasteiger partial charge in [0.05, 0.1) is 17.7 Å². The van der Waals surface area contributed by atoms with E-state index >= 15 is 0 Å². The zero-order valence-electron chi connectivity index (χ0n) is 18.4. The number of benzene rings is 2. The zero-order valence-corrected chi connectivity index (χ0v) is 20.8. The summed E-state index contributed by atoms with van der Waals surface area (Å²) in [7, 11) is 0. The molecular formula is C23H28BrN3O4S. The highest BCUT2D eigenvalue weighted by molar-refractivity contribution is 9.10. The average Bonchev–Trinajstić information content (AvgIpc) is 2.76. The Morgan fingerprint density at radius 2 is 1.66 bits per heavy atom. The van der Waals surface area contributed by atoms with Crippen molar-refractivity contribution in [3.8, 4) is 11.5 Å². The van der Waals surface area contributed by atoms with Gasteiger partial charge >= 0.3 is 0 Å². The predicted molar refractivity (Wildman–Crippen MR) is 132 cm³/mol. The molecule has 0 aliphatic heterocycles. The van der Waals surface area contributed by atoms with Gasteiger partial charge in [-0.25, -0.2) is 0 Å². The molecule has 0 saturated carbocycles. The number of hydrogen-bond acceptors (Lipinski definition) is 5. The van der Waals surface area contributed by atoms with Crippen LogP contribution in [0.1, 0.15) is 54.3 Å². The second-order valence-electron chi connectivity index (χ2n) is 7.41. The number of hydrazine groups is 1. The van der Waals surface area contributed by atoms with Crippen LogP contribution in [0.5, 0.6) is 11.5 Å². The third kappa shape index (κ3) is 8.47. The van der Waals surface area contributed by atoms with E-state index in [9.17, 15) is 9.59 Å². The Morgan fingerprint density at radius 1 is 0.969 bits per heavy atom. The molecule has 2 aromatic rings. The molecule has 0 bridgehead atoms. The summed E-state index contributed by atoms with van der Waals surface area (Å²) < 4.78 is 11.9. The molecular weight excluding hydrogens is 494 g/mol. The van der Waals surface area contributed by atoms with Gasteiger partial charge in [0.15, 0.2) is 5.11 Å². The lowest BCUT2D eigenvalue weighted by molar-refractivity contribution is 0.0934. The number of thiocarbonyl (C=S) groups is 1. The molecule has 2 amide bonds. The average molecular weight is 522 g/mol. The summed E-state index contributed by atoms with van der Waals surface area (Å²) in [4.78, 5) is 24.7. The van der Waals surface area contributed by atoms with Gasteiger partial charge in [-0.2, -0.15) is 0 Å². The van der Waals surface area contributed by atoms with Crippen LogP contribution in [0.25, 0.3) is 0 Å². The van der Waals surface area contributed by atoms with Crippen molar-refractivity contribution in [1.29, 1.82) is 0 Å². The van der Waals surface area contributed by atoms with Gasteiger partial charge in [0.2, 0.25) is 0 Å². The lowest BCUT2D eigenvalue weighted by Crippen LogP contribution is -2.48. The fourth-order valence-electron chi connectivity index (χ4n) is 2.48. The van der Waals surface area contributed by atoms with E-state index in [0.29, 0.717) is 46.2 Å². The SMILES string of the molecule is CCCOc1ccc(C(=O)NC(=S)NNC(=O)c2ccc(OCCC(C)C)cc2)cc1Br. The van der Waals surface area contributed by atoms with Crippen molar-refractivity contribution in [2.24, 2.45) is 5.92 Å². The number of ether oxygens (including phenoxy) is 2. The molecule has 0 radical (unpaired) electrons. The summed E-state index contributed by atoms with van der Waals surface area (Å²) in [6.07, 6.45) is 1.85. The summed E-state index contributed by atoms with van der Waals surface area (Å²) in [6, 6.07) is 11.8. The monoisotopic (exact) mass is 521 g/mol. The van der Waals surface area contributed by atoms with Crippen molar-refractivity contribution in [3.05, 3.63) is 58.1 Å². The van der Waals surface area contributed by atoms with Crippen LogP contribution in [0, 0.1) is 5.92 Å². The van der Waals surface area contributed by atoms with Crippen molar-refractivity contribution in [2.75, 3.05) is 13.2 Å². The number of nitrogens with one attached hydrogen (secondary N) is 3. The van der Waals surface area contributed by atoms with Crippen LogP contribution in [0.4, 0.5) is 0 Å². The minimum Gasteiger partial charge on any atom is -0.494 e. The Kier molecular flexibility index (Phi) is 10.4. The third-order valence-corrected chi connectivity index (χ3v) is 5.08. The molecule has 0 heterocycles. The van der Waals surface area contributed by atoms with Gasteiger partial charge in [0.1, 0.15) is 11.5 Å². The summed E-state index contributed by atoms with van der Waals surface area (Å²) in [5, 5.41) is 2.49. The van der Waals surface area contributed by atoms with Gasteiger partial charge in [-0.1, -0.05) is 20.8 Å². The quantitative estimate of drug-likeness (QED) is 0.329. The van der Waals surface area contributed by atoms with E-state index in [-0.39, 0.29) is 5.11 Å². The largest absolute Gasteiger partial charge is 0.494 e. The molecule has 0 fully saturated rings. The van der Waals surface area contributed by atoms with Crippen LogP contribution < -0.4 is 25.6 Å². The first-order chi connectivity index (χ1) is 15.3. The number of hydrogen-bond donors (Lipinski definition) is 3. The van der Waals surface area contributed by atoms with Crippen molar-refractivity contribution >= 4 is 45.1 Å². The Bertz CT molecular complexity index is 935. The molecule has 0 aromatic heterocycles. The van der Waals surface area contributed by atoms with Gasteiger partial charge < -0.3 is 9.47 Å². The lowest BCUT2D eigenvalue weighted by Gasteiger charge is -2.12. The maximum Gasteiger partial charge on any atom is 0.269 e. The topological polar surface area (TPSA) is 88.7 Å². The first-order valence-electron chi connectivity index (χ1n) is 10.4. The van der Waals surface area contributed by atoms with Crippen LogP contribution in [0.3, 0.4) is 0 Å². The number of carbonyl (C=O) groups is 2. The zero-order chi connectivity index (χ0) is 23.5. The standard InChI is InChI=1S/C23H28BrN3O4S/c1-4-12-31-20-10-7-17(14-19(20)24)21(28)25-23(32)27-26-22(29)16-5-8-18(9-6-16)30-13-11-15(2)3/h5-10,14-15H,4,11-13H2,1-3H3,(H,26,29)(H2,25,27,28,32). The third-order valence-electron chi connectivity index (χ3n) is 4.25. The number of rotatable bonds is 9. The van der Waals surface area contributed by atoms with Crippen molar-refractivity contribution < 1.29 is 19.1 Å². The smallest absolute Gasteiger partial charge is 0.269 e. The first-order valence-corrected chi connectivity index (χ1v) is 11.6. The summed E-state index contributed by atoms with van der Waals surface area (Å²) >= 11 is 8.48. The van der Waals surface area contributed by atoms with Crippen LogP contribution in [0.2, 0.25) is 0 Å². The van der Waals surface area contributed by atoms with Crippen molar-refractivity contribution in [3.63, 3.8) is 0 Å². The summed E-state index contributed by atoms with van der Waals surface area (Å²) in [6.45, 7) is 7.50. The molecule has 0 spiro atoms. The number of amides is 2. The molecule has 0 atom stereocenters. The van der Waals surface area contributed by atoms with E-state index in [1.165, 1.54) is 0 Å². The fourth-order valence-corrected chi connectivity index (χ4v) is 3.12. The Labute approximate surface area is 202 Å². The highest BCUT2D eigenvalue weighted by Gasteiger charge is 2.12. The normalized spacial score (nSPS) is 10.4. The second-order valence-corrected chi connectivity index (χ2v) is 8.67. The van der Waals surface area contributed by atoms with Gasteiger partial charge in [-0.15, -0.1) is 0 Å². The second kappa shape index (κ2) is 13.0. The molecule has 0 unspecified atom stereocenters. The van der Waals surface area contributed by atoms with Gasteiger partial charge in [-0.05, 0) is 89.4 Å². The Balaban J connectivity index is 1.81. The highest BCUT2D eigenvalue weighted by Crippen LogP contribution is 2.26. The number of carbonyl (C=O) groups excluding carboxylic acids is 2. The molecule has 0 aliphatic carbocycles. The minimum atomic E-state index is -0.414. The highest BCUT2D eigenvalue weighted by atomic mass is 79.9. The summed E-state index contributed by atoms with van der Waals surface area (Å²) in [5.41, 5.74) is 5.81. The van der Waals surface area contributed by atoms with E-state index in [4.69, 9.17) is 21.7 Å². The first kappa shape index (κ1) is 25.6. The maximum atomic E-state index is 12.4. The molecule has 7 nitrogen and oxygen atoms in total. The molecule has 3 N–H and O–H groups in total. The van der Waals surface area contributed by atoms with E-state index in [1.54, 1.807) is 42.5 Å². The van der Waals surface area contributed by atoms with E-state index < -0.39 is 11.8 Å². The van der Waals surface area contributed by atoms with Crippen molar-refractivity contribution in [2.45, 2.75) is 33.6 Å². The minimum absolute atomic E-state index is 0.0283. The van der Waals surface area contributed by atoms with Crippen LogP contribution >= 0.6 is 28.1 Å². The molecule has 172 valence electrons. The molecule has 32 heavy (non-hydrogen) atoms. The predicted octanol–water partition coefficient (Wildman–Crippen LogP) is 4.61. The van der Waals surface area contributed by atoms with E-state index in [2.05, 4.69) is 45.9 Å².